The first kappa shape index (κ1) is 20.4. The highest BCUT2D eigenvalue weighted by molar-refractivity contribution is 8.01. The third-order valence-corrected chi connectivity index (χ3v) is 7.01. The number of hydrogen-bond donors (Lipinski definition) is 1. The lowest BCUT2D eigenvalue weighted by atomic mass is 9.97. The Balaban J connectivity index is 1.45. The molecular formula is C22H21N5OS2. The Labute approximate surface area is 184 Å². The summed E-state index contributed by atoms with van der Waals surface area (Å²) in [6, 6.07) is 14.0. The maximum absolute atomic E-state index is 13.0. The molecule has 152 valence electrons. The molecule has 0 saturated carbocycles. The zero-order chi connectivity index (χ0) is 20.9. The van der Waals surface area contributed by atoms with Crippen LogP contribution >= 0.6 is 23.1 Å². The molecule has 1 aliphatic heterocycles. The Bertz CT molecular complexity index is 1070. The predicted molar refractivity (Wildman–Crippen MR) is 119 cm³/mol. The Hall–Kier alpha value is -2.89. The number of anilines is 2. The first-order chi connectivity index (χ1) is 14.6. The van der Waals surface area contributed by atoms with E-state index in [1.54, 1.807) is 29.3 Å². The van der Waals surface area contributed by atoms with Crippen molar-refractivity contribution >= 4 is 40.0 Å². The second-order valence-corrected chi connectivity index (χ2v) is 9.50. The summed E-state index contributed by atoms with van der Waals surface area (Å²) < 4.78 is 1.03. The van der Waals surface area contributed by atoms with E-state index in [0.717, 1.165) is 44.0 Å². The first-order valence-corrected chi connectivity index (χ1v) is 11.4. The summed E-state index contributed by atoms with van der Waals surface area (Å²) in [7, 11) is 0. The number of pyridine rings is 1. The highest BCUT2D eigenvalue weighted by atomic mass is 32.2. The Kier molecular flexibility index (Phi) is 6.31. The lowest BCUT2D eigenvalue weighted by Crippen LogP contribution is -2.38. The Morgan fingerprint density at radius 1 is 1.27 bits per heavy atom. The molecule has 0 bridgehead atoms. The van der Waals surface area contributed by atoms with Gasteiger partial charge in [0.2, 0.25) is 0 Å². The fraction of sp³-hybridized carbons (Fsp3) is 0.273. The van der Waals surface area contributed by atoms with Crippen LogP contribution in [0, 0.1) is 24.2 Å². The molecule has 1 N–H and O–H groups in total. The van der Waals surface area contributed by atoms with E-state index in [0.29, 0.717) is 13.1 Å². The quantitative estimate of drug-likeness (QED) is 0.599. The minimum absolute atomic E-state index is 0.0492. The van der Waals surface area contributed by atoms with Gasteiger partial charge in [0.1, 0.15) is 5.82 Å². The fourth-order valence-electron chi connectivity index (χ4n) is 3.30. The topological polar surface area (TPSA) is 81.9 Å². The summed E-state index contributed by atoms with van der Waals surface area (Å²) in [6.45, 7) is 3.25. The van der Waals surface area contributed by atoms with Gasteiger partial charge in [0.25, 0.3) is 5.91 Å². The zero-order valence-electron chi connectivity index (χ0n) is 16.5. The van der Waals surface area contributed by atoms with Gasteiger partial charge >= 0.3 is 0 Å². The molecule has 1 fully saturated rings. The van der Waals surface area contributed by atoms with Crippen LogP contribution in [0.25, 0.3) is 0 Å². The van der Waals surface area contributed by atoms with Crippen molar-refractivity contribution in [2.45, 2.75) is 28.9 Å². The number of amides is 1. The van der Waals surface area contributed by atoms with Crippen LogP contribution in [0.4, 0.5) is 10.9 Å². The minimum atomic E-state index is 0.0492. The molecule has 2 aromatic heterocycles. The van der Waals surface area contributed by atoms with Gasteiger partial charge in [-0.15, -0.1) is 0 Å². The number of carbonyl (C=O) groups is 1. The van der Waals surface area contributed by atoms with E-state index in [2.05, 4.69) is 21.4 Å². The van der Waals surface area contributed by atoms with E-state index in [1.807, 2.05) is 54.4 Å². The lowest BCUT2D eigenvalue weighted by molar-refractivity contribution is 0.0706. The monoisotopic (exact) mass is 435 g/mol. The number of piperidine rings is 1. The highest BCUT2D eigenvalue weighted by Crippen LogP contribution is 2.35. The fourth-order valence-corrected chi connectivity index (χ4v) is 5.20. The molecule has 0 spiro atoms. The van der Waals surface area contributed by atoms with Crippen LogP contribution in [0.3, 0.4) is 0 Å². The summed E-state index contributed by atoms with van der Waals surface area (Å²) in [5.74, 6) is 0.872. The predicted octanol–water partition coefficient (Wildman–Crippen LogP) is 5.12. The van der Waals surface area contributed by atoms with Crippen molar-refractivity contribution in [3.05, 3.63) is 59.9 Å². The van der Waals surface area contributed by atoms with E-state index in [-0.39, 0.29) is 11.8 Å². The van der Waals surface area contributed by atoms with Crippen molar-refractivity contribution in [3.8, 4) is 6.07 Å². The second kappa shape index (κ2) is 9.28. The van der Waals surface area contributed by atoms with Gasteiger partial charge in [-0.3, -0.25) is 4.79 Å². The molecule has 3 heterocycles. The molecule has 0 aliphatic carbocycles. The van der Waals surface area contributed by atoms with Crippen LogP contribution in [0.5, 0.6) is 0 Å². The van der Waals surface area contributed by atoms with E-state index in [9.17, 15) is 4.79 Å². The lowest BCUT2D eigenvalue weighted by Gasteiger charge is -2.29. The van der Waals surface area contributed by atoms with Crippen molar-refractivity contribution in [1.82, 2.24) is 14.9 Å². The van der Waals surface area contributed by atoms with E-state index in [1.165, 1.54) is 0 Å². The number of benzene rings is 1. The van der Waals surface area contributed by atoms with Crippen molar-refractivity contribution in [3.63, 3.8) is 0 Å². The average Bonchev–Trinajstić information content (AvgIpc) is 3.22. The van der Waals surface area contributed by atoms with Crippen LogP contribution in [-0.2, 0) is 0 Å². The van der Waals surface area contributed by atoms with Gasteiger partial charge in [0, 0.05) is 35.7 Å². The number of likely N-dealkylation sites (tertiary alicyclic amines) is 1. The molecule has 1 aromatic carbocycles. The SMILES string of the molecule is Cc1ccc(Sc2cnc(Nc3ccccn3)s2)cc1C(=O)N1CCC(C#N)CC1. The summed E-state index contributed by atoms with van der Waals surface area (Å²) in [5.41, 5.74) is 1.69. The van der Waals surface area contributed by atoms with Gasteiger partial charge < -0.3 is 10.2 Å². The molecule has 3 aromatic rings. The Morgan fingerprint density at radius 2 is 2.10 bits per heavy atom. The van der Waals surface area contributed by atoms with Crippen LogP contribution in [0.1, 0.15) is 28.8 Å². The molecule has 8 heteroatoms. The molecule has 4 rings (SSSR count). The number of nitrogens with one attached hydrogen (secondary N) is 1. The van der Waals surface area contributed by atoms with Crippen LogP contribution < -0.4 is 5.32 Å². The second-order valence-electron chi connectivity index (χ2n) is 7.10. The smallest absolute Gasteiger partial charge is 0.254 e. The summed E-state index contributed by atoms with van der Waals surface area (Å²) >= 11 is 3.14. The molecule has 30 heavy (non-hydrogen) atoms. The molecule has 6 nitrogen and oxygen atoms in total. The number of nitrogens with zero attached hydrogens (tertiary/aromatic N) is 4. The highest BCUT2D eigenvalue weighted by Gasteiger charge is 2.24. The molecule has 1 aliphatic rings. The molecule has 0 unspecified atom stereocenters. The van der Waals surface area contributed by atoms with Gasteiger partial charge in [0.15, 0.2) is 5.13 Å². The third-order valence-electron chi connectivity index (χ3n) is 5.01. The van der Waals surface area contributed by atoms with Crippen molar-refractivity contribution in [2.75, 3.05) is 18.4 Å². The number of nitriles is 1. The standard InChI is InChI=1S/C22H21N5OS2/c1-15-5-6-17(12-18(15)21(28)27-10-7-16(13-23)8-11-27)29-20-14-25-22(30-20)26-19-4-2-3-9-24-19/h2-6,9,12,14,16H,7-8,10-11H2,1H3,(H,24,25,26). The van der Waals surface area contributed by atoms with Crippen LogP contribution in [0.15, 0.2) is 57.9 Å². The number of hydrogen-bond acceptors (Lipinski definition) is 7. The van der Waals surface area contributed by atoms with Crippen molar-refractivity contribution < 1.29 is 4.79 Å². The van der Waals surface area contributed by atoms with E-state index < -0.39 is 0 Å². The van der Waals surface area contributed by atoms with E-state index >= 15 is 0 Å². The normalized spacial score (nSPS) is 14.3. The van der Waals surface area contributed by atoms with Crippen molar-refractivity contribution in [1.29, 1.82) is 5.26 Å². The molecule has 1 saturated heterocycles. The summed E-state index contributed by atoms with van der Waals surface area (Å²) in [5, 5.41) is 13.0. The molecule has 0 atom stereocenters. The van der Waals surface area contributed by atoms with Gasteiger partial charge in [-0.25, -0.2) is 9.97 Å². The maximum Gasteiger partial charge on any atom is 0.254 e. The maximum atomic E-state index is 13.0. The number of aryl methyl sites for hydroxylation is 1. The Morgan fingerprint density at radius 3 is 2.83 bits per heavy atom. The van der Waals surface area contributed by atoms with E-state index in [4.69, 9.17) is 5.26 Å². The third kappa shape index (κ3) is 4.81. The summed E-state index contributed by atoms with van der Waals surface area (Å²) in [4.78, 5) is 24.6. The average molecular weight is 436 g/mol. The first-order valence-electron chi connectivity index (χ1n) is 9.73. The van der Waals surface area contributed by atoms with Crippen LogP contribution in [-0.4, -0.2) is 33.9 Å². The van der Waals surface area contributed by atoms with Crippen LogP contribution in [0.2, 0.25) is 0 Å². The minimum Gasteiger partial charge on any atom is -0.339 e. The van der Waals surface area contributed by atoms with Gasteiger partial charge in [-0.2, -0.15) is 5.26 Å². The zero-order valence-corrected chi connectivity index (χ0v) is 18.2. The molecular weight excluding hydrogens is 414 g/mol. The number of carbonyl (C=O) groups excluding carboxylic acids is 1. The van der Waals surface area contributed by atoms with Gasteiger partial charge in [0.05, 0.1) is 16.5 Å². The van der Waals surface area contributed by atoms with Gasteiger partial charge in [-0.05, 0) is 49.6 Å². The summed E-state index contributed by atoms with van der Waals surface area (Å²) in [6.07, 6.45) is 5.07. The van der Waals surface area contributed by atoms with Crippen molar-refractivity contribution in [2.24, 2.45) is 5.92 Å². The van der Waals surface area contributed by atoms with Gasteiger partial charge in [-0.1, -0.05) is 35.2 Å². The number of thiazole rings is 1. The molecule has 1 amide bonds. The number of aromatic nitrogens is 2. The molecule has 0 radical (unpaired) electrons. The largest absolute Gasteiger partial charge is 0.339 e. The number of rotatable bonds is 5.